The smallest absolute Gasteiger partial charge is 0.417 e. The number of rotatable bonds is 1. The van der Waals surface area contributed by atoms with Gasteiger partial charge in [0.1, 0.15) is 5.60 Å². The number of ether oxygens (including phenoxy) is 1. The quantitative estimate of drug-likeness (QED) is 0.486. The summed E-state index contributed by atoms with van der Waals surface area (Å²) >= 11 is 0. The molecule has 13 heavy (non-hydrogen) atoms. The van der Waals surface area contributed by atoms with Crippen LogP contribution in [0.4, 0.5) is 0 Å². The molecule has 0 atom stereocenters. The van der Waals surface area contributed by atoms with Crippen LogP contribution >= 0.6 is 0 Å². The predicted molar refractivity (Wildman–Crippen MR) is 43.0 cm³/mol. The Balaban J connectivity index is 2.01. The molecule has 0 amide bonds. The minimum Gasteiger partial charge on any atom is -0.473 e. The Kier molecular flexibility index (Phi) is 1.78. The van der Waals surface area contributed by atoms with E-state index in [1.807, 2.05) is 0 Å². The number of aliphatic carboxylic acids is 1. The molecule has 0 aromatic heterocycles. The largest absolute Gasteiger partial charge is 0.473 e. The molecule has 0 spiro atoms. The Bertz CT molecular complexity index is 250. The predicted octanol–water partition coefficient (Wildman–Crippen LogP) is 0.947. The Morgan fingerprint density at radius 3 is 2.31 bits per heavy atom. The molecule has 4 nitrogen and oxygen atoms in total. The molecular formula is C9H12O4. The summed E-state index contributed by atoms with van der Waals surface area (Å²) in [5.41, 5.74) is -0.417. The van der Waals surface area contributed by atoms with Crippen LogP contribution in [0.3, 0.4) is 0 Å². The third-order valence-corrected chi connectivity index (χ3v) is 3.16. The third kappa shape index (κ3) is 1.41. The zero-order valence-electron chi connectivity index (χ0n) is 7.28. The maximum Gasteiger partial charge on any atom is 0.417 e. The number of esters is 1. The first-order valence-electron chi connectivity index (χ1n) is 4.58. The van der Waals surface area contributed by atoms with E-state index in [4.69, 9.17) is 9.84 Å². The lowest BCUT2D eigenvalue weighted by Gasteiger charge is -2.25. The fourth-order valence-corrected chi connectivity index (χ4v) is 2.52. The second kappa shape index (κ2) is 2.72. The van der Waals surface area contributed by atoms with Gasteiger partial charge in [-0.25, -0.2) is 9.59 Å². The standard InChI is InChI=1S/C9H12O4/c10-7(11)8(12)13-9-3-1-6(5-9)2-4-9/h6H,1-5H2,(H,10,11). The molecule has 0 aromatic rings. The Labute approximate surface area is 75.9 Å². The van der Waals surface area contributed by atoms with E-state index in [1.54, 1.807) is 0 Å². The summed E-state index contributed by atoms with van der Waals surface area (Å²) in [6, 6.07) is 0. The van der Waals surface area contributed by atoms with Crippen molar-refractivity contribution in [2.24, 2.45) is 5.92 Å². The molecule has 2 saturated carbocycles. The average molecular weight is 184 g/mol. The summed E-state index contributed by atoms with van der Waals surface area (Å²) in [6.07, 6.45) is 4.71. The number of carbonyl (C=O) groups excluding carboxylic acids is 1. The van der Waals surface area contributed by atoms with Crippen molar-refractivity contribution < 1.29 is 19.4 Å². The van der Waals surface area contributed by atoms with E-state index in [1.165, 1.54) is 0 Å². The van der Waals surface area contributed by atoms with E-state index in [0.717, 1.165) is 32.1 Å². The fourth-order valence-electron chi connectivity index (χ4n) is 2.52. The van der Waals surface area contributed by atoms with Gasteiger partial charge in [-0.3, -0.25) is 0 Å². The first-order valence-corrected chi connectivity index (χ1v) is 4.58. The zero-order valence-corrected chi connectivity index (χ0v) is 7.28. The van der Waals surface area contributed by atoms with Crippen molar-refractivity contribution in [1.29, 1.82) is 0 Å². The number of carboxylic acid groups (broad SMARTS) is 1. The van der Waals surface area contributed by atoms with Crippen LogP contribution in [-0.4, -0.2) is 22.6 Å². The first kappa shape index (κ1) is 8.53. The number of carbonyl (C=O) groups is 2. The second-order valence-electron chi connectivity index (χ2n) is 4.03. The molecule has 2 aliphatic carbocycles. The molecular weight excluding hydrogens is 172 g/mol. The number of hydrogen-bond acceptors (Lipinski definition) is 3. The third-order valence-electron chi connectivity index (χ3n) is 3.16. The van der Waals surface area contributed by atoms with Crippen LogP contribution in [-0.2, 0) is 14.3 Å². The van der Waals surface area contributed by atoms with E-state index < -0.39 is 17.5 Å². The van der Waals surface area contributed by atoms with Gasteiger partial charge in [-0.15, -0.1) is 0 Å². The maximum absolute atomic E-state index is 10.9. The lowest BCUT2D eigenvalue weighted by Crippen LogP contribution is -2.33. The molecule has 1 N–H and O–H groups in total. The molecule has 0 saturated heterocycles. The van der Waals surface area contributed by atoms with Gasteiger partial charge >= 0.3 is 11.9 Å². The van der Waals surface area contributed by atoms with Crippen LogP contribution in [0.15, 0.2) is 0 Å². The molecule has 2 aliphatic rings. The second-order valence-corrected chi connectivity index (χ2v) is 4.03. The highest BCUT2D eigenvalue weighted by atomic mass is 16.6. The van der Waals surface area contributed by atoms with E-state index in [9.17, 15) is 9.59 Å². The monoisotopic (exact) mass is 184 g/mol. The van der Waals surface area contributed by atoms with Crippen molar-refractivity contribution in [3.05, 3.63) is 0 Å². The van der Waals surface area contributed by atoms with Gasteiger partial charge in [-0.2, -0.15) is 0 Å². The number of hydrogen-bond donors (Lipinski definition) is 1. The van der Waals surface area contributed by atoms with Gasteiger partial charge in [0.2, 0.25) is 0 Å². The van der Waals surface area contributed by atoms with E-state index in [0.29, 0.717) is 5.92 Å². The van der Waals surface area contributed by atoms with Crippen LogP contribution in [0.1, 0.15) is 32.1 Å². The number of carboxylic acids is 1. The van der Waals surface area contributed by atoms with Crippen LogP contribution < -0.4 is 0 Å². The van der Waals surface area contributed by atoms with Crippen molar-refractivity contribution in [2.75, 3.05) is 0 Å². The molecule has 2 rings (SSSR count). The highest BCUT2D eigenvalue weighted by Crippen LogP contribution is 2.49. The van der Waals surface area contributed by atoms with Gasteiger partial charge in [0, 0.05) is 0 Å². The summed E-state index contributed by atoms with van der Waals surface area (Å²) in [4.78, 5) is 21.1. The minimum absolute atomic E-state index is 0.417. The van der Waals surface area contributed by atoms with Gasteiger partial charge in [0.25, 0.3) is 0 Å². The molecule has 72 valence electrons. The summed E-state index contributed by atoms with van der Waals surface area (Å²) in [7, 11) is 0. The summed E-state index contributed by atoms with van der Waals surface area (Å²) in [6.45, 7) is 0. The van der Waals surface area contributed by atoms with Crippen molar-refractivity contribution >= 4 is 11.9 Å². The number of fused-ring (bicyclic) bond motifs is 2. The van der Waals surface area contributed by atoms with Crippen LogP contribution in [0.2, 0.25) is 0 Å². The molecule has 2 fully saturated rings. The van der Waals surface area contributed by atoms with Crippen LogP contribution in [0.5, 0.6) is 0 Å². The van der Waals surface area contributed by atoms with Gasteiger partial charge < -0.3 is 9.84 Å². The lowest BCUT2D eigenvalue weighted by molar-refractivity contribution is -0.174. The highest BCUT2D eigenvalue weighted by Gasteiger charge is 2.48. The maximum atomic E-state index is 10.9. The molecule has 0 radical (unpaired) electrons. The van der Waals surface area contributed by atoms with E-state index >= 15 is 0 Å². The Hall–Kier alpha value is -1.06. The van der Waals surface area contributed by atoms with Gasteiger partial charge in [0.05, 0.1) is 0 Å². The Morgan fingerprint density at radius 2 is 1.92 bits per heavy atom. The van der Waals surface area contributed by atoms with Crippen LogP contribution in [0, 0.1) is 5.92 Å². The molecule has 4 heteroatoms. The van der Waals surface area contributed by atoms with E-state index in [-0.39, 0.29) is 0 Å². The zero-order chi connectivity index (χ0) is 9.47. The molecule has 0 aromatic carbocycles. The van der Waals surface area contributed by atoms with Gasteiger partial charge in [0.15, 0.2) is 0 Å². The fraction of sp³-hybridized carbons (Fsp3) is 0.778. The Morgan fingerprint density at radius 1 is 1.31 bits per heavy atom. The van der Waals surface area contributed by atoms with Crippen molar-refractivity contribution in [1.82, 2.24) is 0 Å². The van der Waals surface area contributed by atoms with Crippen molar-refractivity contribution in [2.45, 2.75) is 37.7 Å². The van der Waals surface area contributed by atoms with E-state index in [2.05, 4.69) is 0 Å². The normalized spacial score (nSPS) is 36.2. The highest BCUT2D eigenvalue weighted by molar-refractivity contribution is 6.28. The molecule has 0 aliphatic heterocycles. The summed E-state index contributed by atoms with van der Waals surface area (Å²) in [5, 5.41) is 8.39. The average Bonchev–Trinajstić information content (AvgIpc) is 2.62. The van der Waals surface area contributed by atoms with Gasteiger partial charge in [-0.1, -0.05) is 0 Å². The lowest BCUT2D eigenvalue weighted by atomic mass is 9.97. The first-order chi connectivity index (χ1) is 6.11. The topological polar surface area (TPSA) is 63.6 Å². The van der Waals surface area contributed by atoms with Crippen LogP contribution in [0.25, 0.3) is 0 Å². The molecule has 0 unspecified atom stereocenters. The molecule has 0 heterocycles. The minimum atomic E-state index is -1.48. The SMILES string of the molecule is O=C(O)C(=O)OC12CCC(CC1)C2. The van der Waals surface area contributed by atoms with Crippen molar-refractivity contribution in [3.8, 4) is 0 Å². The van der Waals surface area contributed by atoms with Crippen molar-refractivity contribution in [3.63, 3.8) is 0 Å². The molecule has 2 bridgehead atoms. The summed E-state index contributed by atoms with van der Waals surface area (Å²) in [5.74, 6) is -1.92. The van der Waals surface area contributed by atoms with Gasteiger partial charge in [-0.05, 0) is 38.0 Å². The summed E-state index contributed by atoms with van der Waals surface area (Å²) < 4.78 is 5.01.